The normalized spacial score (nSPS) is 10.2. The molecular formula is C21H18N4S. The molecule has 0 bridgehead atoms. The third kappa shape index (κ3) is 3.44. The number of benzene rings is 2. The average Bonchev–Trinajstić information content (AvgIpc) is 3.18. The smallest absolute Gasteiger partial charge is 0.0991 e. The lowest BCUT2D eigenvalue weighted by atomic mass is 10.2. The van der Waals surface area contributed by atoms with Crippen molar-refractivity contribution in [3.63, 3.8) is 0 Å². The topological polar surface area (TPSA) is 79.2 Å². The van der Waals surface area contributed by atoms with Crippen LogP contribution in [0.4, 0.5) is 0 Å². The van der Waals surface area contributed by atoms with Crippen LogP contribution in [0.1, 0.15) is 22.5 Å². The number of H-pyrrole nitrogens is 2. The summed E-state index contributed by atoms with van der Waals surface area (Å²) >= 11 is 1.71. The number of nitrogens with zero attached hydrogens (tertiary/aromatic N) is 2. The number of thioether (sulfide) groups is 1. The molecule has 4 aromatic rings. The zero-order valence-corrected chi connectivity index (χ0v) is 15.7. The molecule has 0 saturated carbocycles. The van der Waals surface area contributed by atoms with Gasteiger partial charge in [0.1, 0.15) is 0 Å². The Hall–Kier alpha value is -3.15. The fourth-order valence-electron chi connectivity index (χ4n) is 2.98. The van der Waals surface area contributed by atoms with Crippen molar-refractivity contribution in [2.24, 2.45) is 0 Å². The monoisotopic (exact) mass is 358 g/mol. The predicted octanol–water partition coefficient (Wildman–Crippen LogP) is 5.42. The minimum Gasteiger partial charge on any atom is -0.359 e. The molecule has 0 aliphatic heterocycles. The van der Waals surface area contributed by atoms with Crippen LogP contribution in [0.2, 0.25) is 0 Å². The Labute approximate surface area is 156 Å². The number of aromatic nitrogens is 2. The molecule has 4 rings (SSSR count). The number of nitriles is 2. The fraction of sp³-hybridized carbons (Fsp3) is 0.143. The summed E-state index contributed by atoms with van der Waals surface area (Å²) < 4.78 is 0. The van der Waals surface area contributed by atoms with Gasteiger partial charge in [0.15, 0.2) is 0 Å². The van der Waals surface area contributed by atoms with E-state index in [1.54, 1.807) is 11.8 Å². The van der Waals surface area contributed by atoms with Gasteiger partial charge in [0.25, 0.3) is 0 Å². The van der Waals surface area contributed by atoms with Crippen LogP contribution in [0.3, 0.4) is 0 Å². The first-order valence-electron chi connectivity index (χ1n) is 8.11. The molecule has 0 atom stereocenters. The number of hydrogen-bond donors (Lipinski definition) is 2. The Bertz CT molecular complexity index is 1170. The molecule has 128 valence electrons. The minimum absolute atomic E-state index is 0.710. The van der Waals surface area contributed by atoms with Gasteiger partial charge in [-0.25, -0.2) is 0 Å². The number of aromatic amines is 2. The van der Waals surface area contributed by atoms with Gasteiger partial charge in [-0.1, -0.05) is 0 Å². The summed E-state index contributed by atoms with van der Waals surface area (Å²) in [5.74, 6) is 0. The SMILES string of the molecule is CSc1c(C)[nH]c2ccc(C#N)cc12.Cc1cc2cc(C#N)ccc2[nH]1. The van der Waals surface area contributed by atoms with Crippen LogP contribution in [0.5, 0.6) is 0 Å². The molecule has 2 aromatic heterocycles. The number of nitrogens with one attached hydrogen (secondary N) is 2. The van der Waals surface area contributed by atoms with Crippen molar-refractivity contribution >= 4 is 33.6 Å². The van der Waals surface area contributed by atoms with Crippen LogP contribution < -0.4 is 0 Å². The van der Waals surface area contributed by atoms with Gasteiger partial charge in [0, 0.05) is 38.1 Å². The second-order valence-corrected chi connectivity index (χ2v) is 6.84. The summed E-state index contributed by atoms with van der Waals surface area (Å²) in [6, 6.07) is 17.7. The quantitative estimate of drug-likeness (QED) is 0.446. The van der Waals surface area contributed by atoms with Gasteiger partial charge in [0.05, 0.1) is 23.3 Å². The van der Waals surface area contributed by atoms with Gasteiger partial charge in [-0.3, -0.25) is 0 Å². The van der Waals surface area contributed by atoms with E-state index in [0.29, 0.717) is 11.1 Å². The van der Waals surface area contributed by atoms with E-state index in [1.807, 2.05) is 49.4 Å². The first-order chi connectivity index (χ1) is 12.5. The summed E-state index contributed by atoms with van der Waals surface area (Å²) in [6.45, 7) is 4.06. The van der Waals surface area contributed by atoms with E-state index in [9.17, 15) is 0 Å². The maximum absolute atomic E-state index is 8.80. The van der Waals surface area contributed by atoms with Gasteiger partial charge in [-0.15, -0.1) is 11.8 Å². The second kappa shape index (κ2) is 7.39. The van der Waals surface area contributed by atoms with Crippen molar-refractivity contribution in [3.8, 4) is 12.1 Å². The fourth-order valence-corrected chi connectivity index (χ4v) is 3.73. The van der Waals surface area contributed by atoms with E-state index in [2.05, 4.69) is 35.3 Å². The maximum atomic E-state index is 8.80. The minimum atomic E-state index is 0.710. The largest absolute Gasteiger partial charge is 0.359 e. The Balaban J connectivity index is 0.000000152. The van der Waals surface area contributed by atoms with Crippen molar-refractivity contribution in [3.05, 3.63) is 65.0 Å². The third-order valence-electron chi connectivity index (χ3n) is 4.14. The lowest BCUT2D eigenvalue weighted by molar-refractivity contribution is 1.23. The van der Waals surface area contributed by atoms with E-state index >= 15 is 0 Å². The number of aryl methyl sites for hydroxylation is 2. The van der Waals surface area contributed by atoms with Crippen LogP contribution in [0, 0.1) is 36.5 Å². The lowest BCUT2D eigenvalue weighted by Gasteiger charge is -1.94. The molecule has 0 unspecified atom stereocenters. The summed E-state index contributed by atoms with van der Waals surface area (Å²) in [4.78, 5) is 7.73. The number of rotatable bonds is 1. The summed E-state index contributed by atoms with van der Waals surface area (Å²) in [6.07, 6.45) is 2.05. The first-order valence-corrected chi connectivity index (χ1v) is 9.34. The van der Waals surface area contributed by atoms with E-state index in [0.717, 1.165) is 27.5 Å². The summed E-state index contributed by atoms with van der Waals surface area (Å²) in [7, 11) is 0. The Kier molecular flexibility index (Phi) is 5.02. The van der Waals surface area contributed by atoms with Gasteiger partial charge >= 0.3 is 0 Å². The first kappa shape index (κ1) is 17.7. The Morgan fingerprint density at radius 1 is 0.846 bits per heavy atom. The van der Waals surface area contributed by atoms with E-state index < -0.39 is 0 Å². The predicted molar refractivity (Wildman–Crippen MR) is 107 cm³/mol. The highest BCUT2D eigenvalue weighted by Gasteiger charge is 2.07. The molecule has 0 fully saturated rings. The Morgan fingerprint density at radius 2 is 1.50 bits per heavy atom. The molecule has 0 amide bonds. The molecule has 0 saturated heterocycles. The highest BCUT2D eigenvalue weighted by Crippen LogP contribution is 2.30. The molecule has 4 nitrogen and oxygen atoms in total. The molecule has 0 aliphatic rings. The van der Waals surface area contributed by atoms with Crippen molar-refractivity contribution in [2.45, 2.75) is 18.7 Å². The molecule has 2 aromatic carbocycles. The van der Waals surface area contributed by atoms with E-state index in [4.69, 9.17) is 10.5 Å². The standard InChI is InChI=1S/C11H10N2S.C10H8N2/c1-7-11(14-2)9-5-8(6-12)3-4-10(9)13-7;1-7-4-9-5-8(6-11)2-3-10(9)12-7/h3-5,13H,1-2H3;2-5,12H,1H3. The van der Waals surface area contributed by atoms with Crippen molar-refractivity contribution in [1.82, 2.24) is 9.97 Å². The van der Waals surface area contributed by atoms with Crippen LogP contribution >= 0.6 is 11.8 Å². The lowest BCUT2D eigenvalue weighted by Crippen LogP contribution is -1.74. The van der Waals surface area contributed by atoms with Crippen molar-refractivity contribution < 1.29 is 0 Å². The van der Waals surface area contributed by atoms with Crippen molar-refractivity contribution in [1.29, 1.82) is 10.5 Å². The van der Waals surface area contributed by atoms with Gasteiger partial charge < -0.3 is 9.97 Å². The second-order valence-electron chi connectivity index (χ2n) is 6.02. The summed E-state index contributed by atoms with van der Waals surface area (Å²) in [5.41, 5.74) is 5.91. The van der Waals surface area contributed by atoms with Gasteiger partial charge in [-0.05, 0) is 62.6 Å². The molecule has 2 N–H and O–H groups in total. The van der Waals surface area contributed by atoms with Crippen LogP contribution in [0.25, 0.3) is 21.8 Å². The highest BCUT2D eigenvalue weighted by molar-refractivity contribution is 7.98. The van der Waals surface area contributed by atoms with Crippen molar-refractivity contribution in [2.75, 3.05) is 6.26 Å². The highest BCUT2D eigenvalue weighted by atomic mass is 32.2. The molecule has 0 radical (unpaired) electrons. The number of hydrogen-bond acceptors (Lipinski definition) is 3. The van der Waals surface area contributed by atoms with E-state index in [1.165, 1.54) is 10.6 Å². The molecular weight excluding hydrogens is 340 g/mol. The third-order valence-corrected chi connectivity index (χ3v) is 5.08. The average molecular weight is 358 g/mol. The van der Waals surface area contributed by atoms with Gasteiger partial charge in [0.2, 0.25) is 0 Å². The zero-order chi connectivity index (χ0) is 18.7. The zero-order valence-electron chi connectivity index (χ0n) is 14.8. The molecule has 2 heterocycles. The van der Waals surface area contributed by atoms with Crippen LogP contribution in [-0.2, 0) is 0 Å². The molecule has 0 aliphatic carbocycles. The van der Waals surface area contributed by atoms with E-state index in [-0.39, 0.29) is 0 Å². The number of fused-ring (bicyclic) bond motifs is 2. The molecule has 26 heavy (non-hydrogen) atoms. The molecule has 0 spiro atoms. The Morgan fingerprint density at radius 3 is 2.15 bits per heavy atom. The molecule has 5 heteroatoms. The maximum Gasteiger partial charge on any atom is 0.0991 e. The van der Waals surface area contributed by atoms with Crippen LogP contribution in [-0.4, -0.2) is 16.2 Å². The summed E-state index contributed by atoms with van der Waals surface area (Å²) in [5, 5.41) is 19.7. The van der Waals surface area contributed by atoms with Gasteiger partial charge in [-0.2, -0.15) is 10.5 Å². The van der Waals surface area contributed by atoms with Crippen LogP contribution in [0.15, 0.2) is 47.4 Å².